The van der Waals surface area contributed by atoms with E-state index in [1.54, 1.807) is 5.38 Å². The average Bonchev–Trinajstić information content (AvgIpc) is 2.75. The zero-order valence-corrected chi connectivity index (χ0v) is 10.7. The molecule has 0 radical (unpaired) electrons. The van der Waals surface area contributed by atoms with Crippen LogP contribution in [0, 0.1) is 13.3 Å². The monoisotopic (exact) mass is 283 g/mol. The highest BCUT2D eigenvalue weighted by molar-refractivity contribution is 7.76. The molecule has 2 aromatic rings. The highest BCUT2D eigenvalue weighted by atomic mass is 32.2. The summed E-state index contributed by atoms with van der Waals surface area (Å²) in [4.78, 5) is 22.5. The van der Waals surface area contributed by atoms with E-state index in [2.05, 4.69) is 0 Å². The summed E-state index contributed by atoms with van der Waals surface area (Å²) in [5, 5.41) is 12.2. The van der Waals surface area contributed by atoms with Crippen LogP contribution in [0.3, 0.4) is 0 Å². The number of rotatable bonds is 3. The van der Waals surface area contributed by atoms with Crippen LogP contribution in [0.25, 0.3) is 0 Å². The van der Waals surface area contributed by atoms with Gasteiger partial charge in [-0.2, -0.15) is 0 Å². The summed E-state index contributed by atoms with van der Waals surface area (Å²) >= 11 is 7.54. The Morgan fingerprint density at radius 3 is 2.41 bits per heavy atom. The largest absolute Gasteiger partial charge is 0.288 e. The van der Waals surface area contributed by atoms with Crippen molar-refractivity contribution in [2.24, 2.45) is 0 Å². The third-order valence-electron chi connectivity index (χ3n) is 2.02. The second-order valence-corrected chi connectivity index (χ2v) is 6.20. The molecule has 7 heteroatoms. The van der Waals surface area contributed by atoms with Crippen LogP contribution in [0.1, 0.15) is 15.2 Å². The molecule has 2 rings (SSSR count). The molecule has 0 aliphatic rings. The first-order chi connectivity index (χ1) is 8.08. The van der Waals surface area contributed by atoms with E-state index in [1.807, 2.05) is 0 Å². The fraction of sp³-hybridized carbons (Fsp3) is 0. The first kappa shape index (κ1) is 12.0. The lowest BCUT2D eigenvalue weighted by molar-refractivity contribution is -0.384. The third-order valence-corrected chi connectivity index (χ3v) is 4.48. The minimum atomic E-state index is -0.497. The predicted molar refractivity (Wildman–Crippen MR) is 69.6 cm³/mol. The predicted octanol–water partition coefficient (Wildman–Crippen LogP) is 3.68. The second-order valence-electron chi connectivity index (χ2n) is 3.09. The SMILES string of the molecule is O=C(c1ccc([N+](=O)[O-])cc1)c1csc(=S)s1. The Balaban J connectivity index is 2.32. The molecule has 1 aromatic heterocycles. The lowest BCUT2D eigenvalue weighted by Gasteiger charge is -1.96. The van der Waals surface area contributed by atoms with Crippen LogP contribution >= 0.6 is 34.9 Å². The smallest absolute Gasteiger partial charge is 0.269 e. The standard InChI is InChI=1S/C10H5NO3S3/c12-9(8-5-16-10(15)17-8)6-1-3-7(4-2-6)11(13)14/h1-5H. The number of hydrogen-bond acceptors (Lipinski definition) is 6. The zero-order chi connectivity index (χ0) is 12.4. The van der Waals surface area contributed by atoms with E-state index >= 15 is 0 Å². The molecule has 0 saturated heterocycles. The van der Waals surface area contributed by atoms with Gasteiger partial charge in [0, 0.05) is 23.1 Å². The number of carbonyl (C=O) groups is 1. The first-order valence-corrected chi connectivity index (χ1v) is 6.56. The van der Waals surface area contributed by atoms with Gasteiger partial charge in [-0.15, -0.1) is 22.7 Å². The molecule has 0 saturated carbocycles. The minimum absolute atomic E-state index is 0.0282. The van der Waals surface area contributed by atoms with Gasteiger partial charge < -0.3 is 0 Å². The van der Waals surface area contributed by atoms with E-state index in [0.717, 1.165) is 0 Å². The number of nitro benzene ring substituents is 1. The van der Waals surface area contributed by atoms with E-state index in [-0.39, 0.29) is 11.5 Å². The number of non-ortho nitro benzene ring substituents is 1. The highest BCUT2D eigenvalue weighted by Crippen LogP contribution is 2.21. The van der Waals surface area contributed by atoms with Crippen molar-refractivity contribution in [2.75, 3.05) is 0 Å². The van der Waals surface area contributed by atoms with Crippen LogP contribution < -0.4 is 0 Å². The number of hydrogen-bond donors (Lipinski definition) is 0. The van der Waals surface area contributed by atoms with Crippen LogP contribution in [0.4, 0.5) is 5.69 Å². The molecule has 0 N–H and O–H groups in total. The molecule has 1 aromatic carbocycles. The number of carbonyl (C=O) groups excluding carboxylic acids is 1. The summed E-state index contributed by atoms with van der Waals surface area (Å²) in [6.07, 6.45) is 0. The zero-order valence-electron chi connectivity index (χ0n) is 8.28. The van der Waals surface area contributed by atoms with Crippen LogP contribution in [0.15, 0.2) is 29.6 Å². The van der Waals surface area contributed by atoms with Crippen LogP contribution in [0.5, 0.6) is 0 Å². The Morgan fingerprint density at radius 1 is 1.29 bits per heavy atom. The summed E-state index contributed by atoms with van der Waals surface area (Å²) in [5.74, 6) is -0.155. The summed E-state index contributed by atoms with van der Waals surface area (Å²) in [6.45, 7) is 0. The van der Waals surface area contributed by atoms with Crippen LogP contribution in [0.2, 0.25) is 0 Å². The van der Waals surface area contributed by atoms with E-state index in [0.29, 0.717) is 13.6 Å². The number of nitrogens with zero attached hydrogens (tertiary/aromatic N) is 1. The summed E-state index contributed by atoms with van der Waals surface area (Å²) in [6, 6.07) is 5.54. The van der Waals surface area contributed by atoms with Crippen molar-refractivity contribution in [2.45, 2.75) is 0 Å². The molecule has 17 heavy (non-hydrogen) atoms. The van der Waals surface area contributed by atoms with Gasteiger partial charge in [0.2, 0.25) is 5.78 Å². The number of benzene rings is 1. The summed E-state index contributed by atoms with van der Waals surface area (Å²) < 4.78 is 0.690. The fourth-order valence-electron chi connectivity index (χ4n) is 1.22. The number of ketones is 1. The lowest BCUT2D eigenvalue weighted by atomic mass is 10.1. The van der Waals surface area contributed by atoms with Gasteiger partial charge >= 0.3 is 0 Å². The molecule has 0 unspecified atom stereocenters. The van der Waals surface area contributed by atoms with Crippen LogP contribution in [-0.2, 0) is 0 Å². The Morgan fingerprint density at radius 2 is 1.94 bits per heavy atom. The van der Waals surface area contributed by atoms with Crippen LogP contribution in [-0.4, -0.2) is 10.7 Å². The molecule has 4 nitrogen and oxygen atoms in total. The van der Waals surface area contributed by atoms with Crippen molar-refractivity contribution < 1.29 is 9.72 Å². The Bertz CT molecular complexity index is 627. The normalized spacial score (nSPS) is 10.1. The number of nitro groups is 1. The highest BCUT2D eigenvalue weighted by Gasteiger charge is 2.12. The Hall–Kier alpha value is -1.44. The molecule has 0 aliphatic carbocycles. The van der Waals surface area contributed by atoms with Gasteiger partial charge in [0.25, 0.3) is 5.69 Å². The summed E-state index contributed by atoms with van der Waals surface area (Å²) in [5.41, 5.74) is 0.402. The van der Waals surface area contributed by atoms with Gasteiger partial charge in [0.1, 0.15) is 3.14 Å². The van der Waals surface area contributed by atoms with E-state index in [4.69, 9.17) is 12.2 Å². The lowest BCUT2D eigenvalue weighted by Crippen LogP contribution is -1.98. The molecular formula is C10H5NO3S3. The molecule has 0 amide bonds. The van der Waals surface area contributed by atoms with Crippen molar-refractivity contribution in [3.05, 3.63) is 53.3 Å². The molecular weight excluding hydrogens is 278 g/mol. The molecule has 0 spiro atoms. The summed E-state index contributed by atoms with van der Waals surface area (Å²) in [7, 11) is 0. The molecule has 0 bridgehead atoms. The van der Waals surface area contributed by atoms with Gasteiger partial charge in [0.15, 0.2) is 0 Å². The molecule has 0 atom stereocenters. The van der Waals surface area contributed by atoms with Gasteiger partial charge in [-0.3, -0.25) is 14.9 Å². The molecule has 86 valence electrons. The maximum atomic E-state index is 11.9. The van der Waals surface area contributed by atoms with Crippen molar-refractivity contribution in [3.63, 3.8) is 0 Å². The minimum Gasteiger partial charge on any atom is -0.288 e. The molecule has 0 aliphatic heterocycles. The van der Waals surface area contributed by atoms with E-state index in [1.165, 1.54) is 46.9 Å². The maximum Gasteiger partial charge on any atom is 0.269 e. The van der Waals surface area contributed by atoms with Gasteiger partial charge in [-0.25, -0.2) is 0 Å². The first-order valence-electron chi connectivity index (χ1n) is 4.46. The van der Waals surface area contributed by atoms with E-state index in [9.17, 15) is 14.9 Å². The topological polar surface area (TPSA) is 60.2 Å². The average molecular weight is 283 g/mol. The van der Waals surface area contributed by atoms with Crippen molar-refractivity contribution in [3.8, 4) is 0 Å². The van der Waals surface area contributed by atoms with Crippen molar-refractivity contribution >= 4 is 46.4 Å². The second kappa shape index (κ2) is 4.82. The van der Waals surface area contributed by atoms with Gasteiger partial charge in [0.05, 0.1) is 9.80 Å². The van der Waals surface area contributed by atoms with Crippen molar-refractivity contribution in [1.82, 2.24) is 0 Å². The molecule has 0 fully saturated rings. The maximum absolute atomic E-state index is 11.9. The molecule has 1 heterocycles. The van der Waals surface area contributed by atoms with Gasteiger partial charge in [-0.1, -0.05) is 12.2 Å². The Kier molecular flexibility index (Phi) is 3.41. The quantitative estimate of drug-likeness (QED) is 0.373. The fourth-order valence-corrected chi connectivity index (χ4v) is 3.27. The third kappa shape index (κ3) is 2.63. The van der Waals surface area contributed by atoms with E-state index < -0.39 is 4.92 Å². The van der Waals surface area contributed by atoms with Crippen molar-refractivity contribution in [1.29, 1.82) is 0 Å². The Labute approximate surface area is 109 Å². The van der Waals surface area contributed by atoms with Gasteiger partial charge in [-0.05, 0) is 12.1 Å².